The first-order valence-corrected chi connectivity index (χ1v) is 13.7. The Morgan fingerprint density at radius 2 is 1.65 bits per heavy atom. The first-order chi connectivity index (χ1) is 18.1. The Morgan fingerprint density at radius 3 is 2.35 bits per heavy atom. The van der Waals surface area contributed by atoms with Crippen LogP contribution in [0.25, 0.3) is 16.9 Å². The second kappa shape index (κ2) is 10.1. The van der Waals surface area contributed by atoms with Gasteiger partial charge in [0.15, 0.2) is 0 Å². The number of para-hydroxylation sites is 1. The zero-order chi connectivity index (χ0) is 25.4. The number of carbonyl (C=O) groups is 2. The second-order valence-electron chi connectivity index (χ2n) is 9.23. The van der Waals surface area contributed by atoms with E-state index in [2.05, 4.69) is 5.32 Å². The molecule has 1 atom stereocenters. The Labute approximate surface area is 224 Å². The normalized spacial score (nSPS) is 17.3. The molecule has 0 saturated heterocycles. The molecule has 6 nitrogen and oxygen atoms in total. The number of anilines is 1. The lowest BCUT2D eigenvalue weighted by molar-refractivity contribution is -0.123. The fourth-order valence-corrected chi connectivity index (χ4v) is 6.20. The largest absolute Gasteiger partial charge is 0.352 e. The number of nitrogens with one attached hydrogen (secondary N) is 1. The molecule has 37 heavy (non-hydrogen) atoms. The number of hydrogen-bond acceptors (Lipinski definition) is 4. The van der Waals surface area contributed by atoms with E-state index in [-0.39, 0.29) is 35.4 Å². The van der Waals surface area contributed by atoms with Gasteiger partial charge in [-0.3, -0.25) is 14.5 Å². The molecule has 1 unspecified atom stereocenters. The lowest BCUT2D eigenvalue weighted by atomic mass is 9.99. The van der Waals surface area contributed by atoms with E-state index in [0.29, 0.717) is 10.8 Å². The second-order valence-corrected chi connectivity index (χ2v) is 10.7. The predicted molar refractivity (Wildman–Crippen MR) is 148 cm³/mol. The zero-order valence-electron chi connectivity index (χ0n) is 20.0. The molecule has 0 bridgehead atoms. The molecule has 1 aromatic heterocycles. The van der Waals surface area contributed by atoms with E-state index in [4.69, 9.17) is 16.7 Å². The summed E-state index contributed by atoms with van der Waals surface area (Å²) in [6.45, 7) is -0.0646. The van der Waals surface area contributed by atoms with Crippen molar-refractivity contribution >= 4 is 41.0 Å². The maximum absolute atomic E-state index is 13.7. The minimum Gasteiger partial charge on any atom is -0.352 e. The number of amides is 2. The lowest BCUT2D eigenvalue weighted by Crippen LogP contribution is -2.43. The summed E-state index contributed by atoms with van der Waals surface area (Å²) < 4.78 is 1.80. The molecule has 186 valence electrons. The van der Waals surface area contributed by atoms with E-state index < -0.39 is 0 Å². The fourth-order valence-electron chi connectivity index (χ4n) is 4.66. The number of nitrogens with zero attached hydrogens (tertiary/aromatic N) is 3. The van der Waals surface area contributed by atoms with E-state index in [1.807, 2.05) is 84.9 Å². The molecule has 2 aliphatic rings. The van der Waals surface area contributed by atoms with Crippen molar-refractivity contribution < 1.29 is 9.59 Å². The van der Waals surface area contributed by atoms with Crippen molar-refractivity contribution in [2.75, 3.05) is 17.2 Å². The monoisotopic (exact) mass is 528 g/mol. The highest BCUT2D eigenvalue weighted by Crippen LogP contribution is 2.49. The number of carbonyl (C=O) groups excluding carboxylic acids is 2. The van der Waals surface area contributed by atoms with Crippen molar-refractivity contribution in [2.45, 2.75) is 24.1 Å². The third kappa shape index (κ3) is 4.77. The first kappa shape index (κ1) is 23.8. The summed E-state index contributed by atoms with van der Waals surface area (Å²) in [6, 6.07) is 27.6. The number of hydrogen-bond donors (Lipinski definition) is 1. The van der Waals surface area contributed by atoms with Crippen molar-refractivity contribution in [3.05, 3.63) is 101 Å². The summed E-state index contributed by atoms with van der Waals surface area (Å²) in [5.41, 5.74) is 4.30. The molecule has 3 aromatic carbocycles. The molecule has 4 aromatic rings. The molecular formula is C29H25ClN4O2S. The van der Waals surface area contributed by atoms with Gasteiger partial charge in [0.25, 0.3) is 0 Å². The predicted octanol–water partition coefficient (Wildman–Crippen LogP) is 5.64. The molecule has 1 saturated carbocycles. The van der Waals surface area contributed by atoms with E-state index in [0.717, 1.165) is 40.9 Å². The van der Waals surface area contributed by atoms with Crippen LogP contribution in [0.5, 0.6) is 0 Å². The van der Waals surface area contributed by atoms with Crippen LogP contribution in [0.3, 0.4) is 0 Å². The first-order valence-electron chi connectivity index (χ1n) is 12.3. The lowest BCUT2D eigenvalue weighted by Gasteiger charge is -2.23. The third-order valence-corrected chi connectivity index (χ3v) is 8.15. The van der Waals surface area contributed by atoms with Gasteiger partial charge in [-0.05, 0) is 36.6 Å². The van der Waals surface area contributed by atoms with Gasteiger partial charge in [-0.15, -0.1) is 11.8 Å². The van der Waals surface area contributed by atoms with Crippen molar-refractivity contribution in [3.63, 3.8) is 0 Å². The van der Waals surface area contributed by atoms with E-state index >= 15 is 0 Å². The maximum Gasteiger partial charge on any atom is 0.240 e. The quantitative estimate of drug-likeness (QED) is 0.351. The Kier molecular flexibility index (Phi) is 6.49. The highest BCUT2D eigenvalue weighted by molar-refractivity contribution is 8.00. The van der Waals surface area contributed by atoms with Gasteiger partial charge in [0.2, 0.25) is 11.8 Å². The van der Waals surface area contributed by atoms with Crippen molar-refractivity contribution in [1.29, 1.82) is 0 Å². The van der Waals surface area contributed by atoms with Gasteiger partial charge in [-0.1, -0.05) is 78.3 Å². The Hall–Kier alpha value is -3.55. The SMILES string of the molecule is O=C(CN1C(=O)CSC(c2ccccc2Cl)c2c(-c3ccccc3)nn(-c3ccccc3)c21)NC1CC1. The topological polar surface area (TPSA) is 67.2 Å². The van der Waals surface area contributed by atoms with Crippen LogP contribution in [0.15, 0.2) is 84.9 Å². The Bertz CT molecular complexity index is 1450. The molecule has 0 radical (unpaired) electrons. The van der Waals surface area contributed by atoms with E-state index in [1.165, 1.54) is 11.8 Å². The number of thioether (sulfide) groups is 1. The highest BCUT2D eigenvalue weighted by Gasteiger charge is 2.38. The molecule has 2 heterocycles. The standard InChI is InChI=1S/C29H25ClN4O2S/c30-23-14-8-7-13-22(23)28-26-27(19-9-3-1-4-10-19)32-34(21-11-5-2-6-12-21)29(26)33(25(36)18-37-28)17-24(35)31-20-15-16-20/h1-14,20,28H,15-18H2,(H,31,35). The van der Waals surface area contributed by atoms with E-state index in [9.17, 15) is 9.59 Å². The number of fused-ring (bicyclic) bond motifs is 1. The molecule has 6 rings (SSSR count). The molecule has 1 aliphatic heterocycles. The third-order valence-electron chi connectivity index (χ3n) is 6.57. The minimum atomic E-state index is -0.253. The summed E-state index contributed by atoms with van der Waals surface area (Å²) in [5, 5.41) is 8.49. The van der Waals surface area contributed by atoms with Gasteiger partial charge in [0, 0.05) is 22.2 Å². The van der Waals surface area contributed by atoms with Crippen LogP contribution < -0.4 is 10.2 Å². The number of benzene rings is 3. The molecule has 1 fully saturated rings. The average Bonchev–Trinajstić information content (AvgIpc) is 3.67. The molecule has 2 amide bonds. The van der Waals surface area contributed by atoms with Gasteiger partial charge >= 0.3 is 0 Å². The molecule has 0 spiro atoms. The van der Waals surface area contributed by atoms with Gasteiger partial charge in [-0.2, -0.15) is 5.10 Å². The smallest absolute Gasteiger partial charge is 0.240 e. The number of rotatable bonds is 6. The fraction of sp³-hybridized carbons (Fsp3) is 0.207. The van der Waals surface area contributed by atoms with Crippen LogP contribution in [0.4, 0.5) is 5.82 Å². The summed E-state index contributed by atoms with van der Waals surface area (Å²) in [5.74, 6) is 0.522. The van der Waals surface area contributed by atoms with E-state index in [1.54, 1.807) is 9.58 Å². The molecule has 8 heteroatoms. The van der Waals surface area contributed by atoms with Crippen LogP contribution in [-0.4, -0.2) is 39.9 Å². The van der Waals surface area contributed by atoms with Crippen LogP contribution in [0.2, 0.25) is 5.02 Å². The maximum atomic E-state index is 13.7. The van der Waals surface area contributed by atoms with Crippen molar-refractivity contribution in [3.8, 4) is 16.9 Å². The molecular weight excluding hydrogens is 504 g/mol. The summed E-state index contributed by atoms with van der Waals surface area (Å²) in [7, 11) is 0. The van der Waals surface area contributed by atoms with Crippen LogP contribution in [0, 0.1) is 0 Å². The summed E-state index contributed by atoms with van der Waals surface area (Å²) >= 11 is 8.23. The summed E-state index contributed by atoms with van der Waals surface area (Å²) in [6.07, 6.45) is 1.96. The summed E-state index contributed by atoms with van der Waals surface area (Å²) in [4.78, 5) is 28.3. The van der Waals surface area contributed by atoms with Gasteiger partial charge < -0.3 is 5.32 Å². The van der Waals surface area contributed by atoms with Crippen LogP contribution in [-0.2, 0) is 9.59 Å². The van der Waals surface area contributed by atoms with Crippen molar-refractivity contribution in [2.24, 2.45) is 0 Å². The number of halogens is 1. The Morgan fingerprint density at radius 1 is 0.973 bits per heavy atom. The van der Waals surface area contributed by atoms with Crippen molar-refractivity contribution in [1.82, 2.24) is 15.1 Å². The molecule has 1 aliphatic carbocycles. The minimum absolute atomic E-state index is 0.0646. The molecule has 1 N–H and O–H groups in total. The van der Waals surface area contributed by atoms with Crippen LogP contribution in [0.1, 0.15) is 29.2 Å². The van der Waals surface area contributed by atoms with Gasteiger partial charge in [0.1, 0.15) is 12.4 Å². The van der Waals surface area contributed by atoms with Gasteiger partial charge in [-0.25, -0.2) is 4.68 Å². The average molecular weight is 529 g/mol. The number of aromatic nitrogens is 2. The zero-order valence-corrected chi connectivity index (χ0v) is 21.6. The highest BCUT2D eigenvalue weighted by atomic mass is 35.5. The Balaban J connectivity index is 1.61. The van der Waals surface area contributed by atoms with Crippen LogP contribution >= 0.6 is 23.4 Å². The van der Waals surface area contributed by atoms with Gasteiger partial charge in [0.05, 0.1) is 22.4 Å².